The smallest absolute Gasteiger partial charge is 0.243 e. The normalized spacial score (nSPS) is 14.4. The van der Waals surface area contributed by atoms with E-state index in [-0.39, 0.29) is 35.6 Å². The van der Waals surface area contributed by atoms with E-state index in [1.807, 2.05) is 68.4 Å². The maximum absolute atomic E-state index is 13.9. The van der Waals surface area contributed by atoms with E-state index in [0.717, 1.165) is 29.5 Å². The molecule has 1 fully saturated rings. The quantitative estimate of drug-likeness (QED) is 0.284. The Morgan fingerprint density at radius 3 is 2.12 bits per heavy atom. The highest BCUT2D eigenvalue weighted by atomic mass is 32.2. The molecule has 1 N–H and O–H groups in total. The van der Waals surface area contributed by atoms with Crippen LogP contribution in [-0.2, 0) is 39.0 Å². The molecule has 8 nitrogen and oxygen atoms in total. The van der Waals surface area contributed by atoms with Gasteiger partial charge in [-0.2, -0.15) is 4.31 Å². The molecule has 3 aromatic carbocycles. The van der Waals surface area contributed by atoms with E-state index >= 15 is 0 Å². The van der Waals surface area contributed by atoms with Gasteiger partial charge in [-0.05, 0) is 66.1 Å². The number of sulfonamides is 1. The van der Waals surface area contributed by atoms with Crippen LogP contribution < -0.4 is 10.1 Å². The lowest BCUT2D eigenvalue weighted by molar-refractivity contribution is -0.141. The number of amides is 2. The van der Waals surface area contributed by atoms with Gasteiger partial charge in [0.2, 0.25) is 21.8 Å². The number of hydrogen-bond donors (Lipinski definition) is 1. The fourth-order valence-electron chi connectivity index (χ4n) is 5.20. The third-order valence-corrected chi connectivity index (χ3v) is 9.63. The summed E-state index contributed by atoms with van der Waals surface area (Å²) < 4.78 is 32.7. The minimum absolute atomic E-state index is 0.148. The Balaban J connectivity index is 1.55. The van der Waals surface area contributed by atoms with Crippen LogP contribution in [0.25, 0.3) is 0 Å². The molecule has 0 bridgehead atoms. The zero-order valence-electron chi connectivity index (χ0n) is 25.4. The van der Waals surface area contributed by atoms with Crippen molar-refractivity contribution in [3.63, 3.8) is 0 Å². The van der Waals surface area contributed by atoms with E-state index < -0.39 is 16.1 Å². The summed E-state index contributed by atoms with van der Waals surface area (Å²) in [7, 11) is -1.89. The standard InChI is InChI=1S/C34H43N3O5S/c1-26(2)24-35-34(39)32(23-28-9-5-4-6-10-28)37(25-29-11-16-30(42-3)17-12-29)33(38)20-15-27-13-18-31(19-14-27)43(40,41)36-21-7-8-22-36/h4-6,9-14,16-19,26,32H,7-8,15,20-25H2,1-3H3,(H,35,39)/t32-/m0/s1. The molecule has 0 saturated carbocycles. The molecule has 4 rings (SSSR count). The molecule has 230 valence electrons. The summed E-state index contributed by atoms with van der Waals surface area (Å²) in [6.07, 6.45) is 2.75. The van der Waals surface area contributed by atoms with Crippen molar-refractivity contribution >= 4 is 21.8 Å². The van der Waals surface area contributed by atoms with Crippen molar-refractivity contribution in [2.45, 2.75) is 63.4 Å². The first-order chi connectivity index (χ1) is 20.7. The van der Waals surface area contributed by atoms with Gasteiger partial charge in [-0.15, -0.1) is 0 Å². The van der Waals surface area contributed by atoms with Gasteiger partial charge in [-0.25, -0.2) is 8.42 Å². The van der Waals surface area contributed by atoms with Gasteiger partial charge in [-0.1, -0.05) is 68.4 Å². The number of aryl methyl sites for hydroxylation is 1. The topological polar surface area (TPSA) is 96.0 Å². The summed E-state index contributed by atoms with van der Waals surface area (Å²) in [6.45, 7) is 5.96. The van der Waals surface area contributed by atoms with E-state index in [1.165, 1.54) is 4.31 Å². The fraction of sp³-hybridized carbons (Fsp3) is 0.412. The second-order valence-corrected chi connectivity index (χ2v) is 13.4. The number of nitrogens with one attached hydrogen (secondary N) is 1. The Labute approximate surface area is 256 Å². The first-order valence-electron chi connectivity index (χ1n) is 15.0. The largest absolute Gasteiger partial charge is 0.497 e. The first-order valence-corrected chi connectivity index (χ1v) is 16.4. The van der Waals surface area contributed by atoms with Crippen molar-refractivity contribution in [1.82, 2.24) is 14.5 Å². The Morgan fingerprint density at radius 1 is 0.884 bits per heavy atom. The Hall–Kier alpha value is -3.69. The van der Waals surface area contributed by atoms with Gasteiger partial charge in [0, 0.05) is 39.0 Å². The summed E-state index contributed by atoms with van der Waals surface area (Å²) in [4.78, 5) is 29.5. The number of rotatable bonds is 14. The van der Waals surface area contributed by atoms with Gasteiger partial charge in [0.25, 0.3) is 0 Å². The molecule has 1 saturated heterocycles. The number of methoxy groups -OCH3 is 1. The second-order valence-electron chi connectivity index (χ2n) is 11.5. The van der Waals surface area contributed by atoms with Crippen LogP contribution >= 0.6 is 0 Å². The summed E-state index contributed by atoms with van der Waals surface area (Å²) in [5, 5.41) is 3.05. The van der Waals surface area contributed by atoms with E-state index in [2.05, 4.69) is 5.32 Å². The molecule has 2 amide bonds. The van der Waals surface area contributed by atoms with Gasteiger partial charge in [0.05, 0.1) is 12.0 Å². The Morgan fingerprint density at radius 2 is 1.51 bits per heavy atom. The van der Waals surface area contributed by atoms with Crippen LogP contribution in [0.2, 0.25) is 0 Å². The lowest BCUT2D eigenvalue weighted by Gasteiger charge is -2.32. The summed E-state index contributed by atoms with van der Waals surface area (Å²) >= 11 is 0. The number of ether oxygens (including phenoxy) is 1. The average molecular weight is 606 g/mol. The zero-order chi connectivity index (χ0) is 30.8. The van der Waals surface area contributed by atoms with Crippen LogP contribution in [0.5, 0.6) is 5.75 Å². The monoisotopic (exact) mass is 605 g/mol. The Bertz CT molecular complexity index is 1440. The van der Waals surface area contributed by atoms with E-state index in [9.17, 15) is 18.0 Å². The average Bonchev–Trinajstić information content (AvgIpc) is 3.58. The number of carbonyl (C=O) groups excluding carboxylic acids is 2. The molecule has 0 aromatic heterocycles. The van der Waals surface area contributed by atoms with E-state index in [4.69, 9.17) is 4.74 Å². The van der Waals surface area contributed by atoms with Crippen LogP contribution in [0.15, 0.2) is 83.8 Å². The minimum atomic E-state index is -3.50. The van der Waals surface area contributed by atoms with Crippen LogP contribution in [0.3, 0.4) is 0 Å². The molecule has 1 heterocycles. The molecule has 0 aliphatic carbocycles. The predicted octanol–water partition coefficient (Wildman–Crippen LogP) is 4.82. The number of benzene rings is 3. The van der Waals surface area contributed by atoms with Crippen LogP contribution in [0, 0.1) is 5.92 Å². The number of hydrogen-bond acceptors (Lipinski definition) is 5. The third-order valence-electron chi connectivity index (χ3n) is 7.72. The SMILES string of the molecule is COc1ccc(CN(C(=O)CCc2ccc(S(=O)(=O)N3CCCC3)cc2)[C@@H](Cc2ccccc2)C(=O)NCC(C)C)cc1. The first kappa shape index (κ1) is 32.2. The van der Waals surface area contributed by atoms with Crippen molar-refractivity contribution in [2.75, 3.05) is 26.7 Å². The van der Waals surface area contributed by atoms with Crippen molar-refractivity contribution in [2.24, 2.45) is 5.92 Å². The number of nitrogens with zero attached hydrogens (tertiary/aromatic N) is 2. The highest BCUT2D eigenvalue weighted by Gasteiger charge is 2.31. The van der Waals surface area contributed by atoms with Gasteiger partial charge in [0.1, 0.15) is 11.8 Å². The van der Waals surface area contributed by atoms with Gasteiger partial charge in [0.15, 0.2) is 0 Å². The van der Waals surface area contributed by atoms with Crippen molar-refractivity contribution in [3.8, 4) is 5.75 Å². The van der Waals surface area contributed by atoms with Crippen molar-refractivity contribution < 1.29 is 22.7 Å². The lowest BCUT2D eigenvalue weighted by Crippen LogP contribution is -2.51. The second kappa shape index (κ2) is 15.2. The zero-order valence-corrected chi connectivity index (χ0v) is 26.2. The van der Waals surface area contributed by atoms with E-state index in [1.54, 1.807) is 36.3 Å². The fourth-order valence-corrected chi connectivity index (χ4v) is 6.72. The van der Waals surface area contributed by atoms with Crippen molar-refractivity contribution in [1.29, 1.82) is 0 Å². The number of carbonyl (C=O) groups is 2. The predicted molar refractivity (Wildman–Crippen MR) is 168 cm³/mol. The van der Waals surface area contributed by atoms with Gasteiger partial charge in [-0.3, -0.25) is 9.59 Å². The molecule has 43 heavy (non-hydrogen) atoms. The van der Waals surface area contributed by atoms with Crippen LogP contribution in [0.1, 0.15) is 49.8 Å². The van der Waals surface area contributed by atoms with Gasteiger partial charge < -0.3 is 15.0 Å². The highest BCUT2D eigenvalue weighted by molar-refractivity contribution is 7.89. The molecule has 1 aliphatic rings. The molecule has 0 spiro atoms. The molecule has 1 atom stereocenters. The Kier molecular flexibility index (Phi) is 11.4. The van der Waals surface area contributed by atoms with Crippen LogP contribution in [0.4, 0.5) is 0 Å². The van der Waals surface area contributed by atoms with E-state index in [0.29, 0.717) is 38.2 Å². The molecule has 9 heteroatoms. The summed E-state index contributed by atoms with van der Waals surface area (Å²) in [6, 6.07) is 23.3. The third kappa shape index (κ3) is 8.91. The molecular formula is C34H43N3O5S. The van der Waals surface area contributed by atoms with Crippen molar-refractivity contribution in [3.05, 3.63) is 95.6 Å². The molecule has 1 aliphatic heterocycles. The maximum atomic E-state index is 13.9. The highest BCUT2D eigenvalue weighted by Crippen LogP contribution is 2.22. The molecule has 0 unspecified atom stereocenters. The molecular weight excluding hydrogens is 562 g/mol. The lowest BCUT2D eigenvalue weighted by atomic mass is 10.0. The molecule has 3 aromatic rings. The molecule has 0 radical (unpaired) electrons. The maximum Gasteiger partial charge on any atom is 0.243 e. The minimum Gasteiger partial charge on any atom is -0.497 e. The summed E-state index contributed by atoms with van der Waals surface area (Å²) in [5.74, 6) is 0.651. The summed E-state index contributed by atoms with van der Waals surface area (Å²) in [5.41, 5.74) is 2.72. The van der Waals surface area contributed by atoms with Crippen LogP contribution in [-0.4, -0.2) is 62.2 Å². The van der Waals surface area contributed by atoms with Gasteiger partial charge >= 0.3 is 0 Å².